The average molecular weight is 340 g/mol. The van der Waals surface area contributed by atoms with Gasteiger partial charge in [-0.15, -0.1) is 0 Å². The molecule has 2 unspecified atom stereocenters. The number of H-pyrrole nitrogens is 1. The number of aromatic amines is 1. The van der Waals surface area contributed by atoms with Crippen LogP contribution < -0.4 is 19.9 Å². The van der Waals surface area contributed by atoms with Gasteiger partial charge in [-0.1, -0.05) is 0 Å². The molecule has 0 aliphatic carbocycles. The second-order valence-corrected chi connectivity index (χ2v) is 7.68. The number of fused-ring (bicyclic) bond motifs is 3. The number of nitrogens with one attached hydrogen (secondary N) is 2. The monoisotopic (exact) mass is 340 g/mol. The normalized spacial score (nSPS) is 20.4. The molecule has 0 bridgehead atoms. The van der Waals surface area contributed by atoms with E-state index < -0.39 is 22.2 Å². The van der Waals surface area contributed by atoms with Crippen LogP contribution in [-0.4, -0.2) is 49.7 Å². The van der Waals surface area contributed by atoms with Gasteiger partial charge in [0.25, 0.3) is 0 Å². The lowest BCUT2D eigenvalue weighted by molar-refractivity contribution is 0.0660. The Balaban J connectivity index is 1.89. The first-order valence-electron chi connectivity index (χ1n) is 7.32. The molecule has 0 radical (unpaired) electrons. The Morgan fingerprint density at radius 1 is 1.52 bits per heavy atom. The summed E-state index contributed by atoms with van der Waals surface area (Å²) in [6.45, 7) is 2.06. The SMILES string of the molecule is CC(N)C[C@H](NS(C)(=O)=O)C1COc2ccc3cn[nH]c3c2O1. The van der Waals surface area contributed by atoms with Gasteiger partial charge in [0.2, 0.25) is 10.0 Å². The van der Waals surface area contributed by atoms with Crippen LogP contribution in [0.3, 0.4) is 0 Å². The van der Waals surface area contributed by atoms with Crippen LogP contribution in [-0.2, 0) is 10.0 Å². The molecule has 0 spiro atoms. The molecule has 0 saturated carbocycles. The molecule has 1 aromatic heterocycles. The van der Waals surface area contributed by atoms with E-state index in [0.29, 0.717) is 17.9 Å². The Kier molecular flexibility index (Phi) is 4.17. The van der Waals surface area contributed by atoms with E-state index in [1.54, 1.807) is 6.20 Å². The van der Waals surface area contributed by atoms with Gasteiger partial charge in [-0.05, 0) is 25.5 Å². The summed E-state index contributed by atoms with van der Waals surface area (Å²) in [6, 6.07) is 3.04. The summed E-state index contributed by atoms with van der Waals surface area (Å²) in [5.41, 5.74) is 6.57. The largest absolute Gasteiger partial charge is 0.486 e. The van der Waals surface area contributed by atoms with Crippen LogP contribution in [0.2, 0.25) is 0 Å². The molecule has 3 atom stereocenters. The highest BCUT2D eigenvalue weighted by Gasteiger charge is 2.32. The summed E-state index contributed by atoms with van der Waals surface area (Å²) in [5.74, 6) is 1.15. The second kappa shape index (κ2) is 5.99. The van der Waals surface area contributed by atoms with Crippen LogP contribution in [0, 0.1) is 0 Å². The van der Waals surface area contributed by atoms with E-state index in [0.717, 1.165) is 17.2 Å². The zero-order valence-electron chi connectivity index (χ0n) is 12.9. The summed E-state index contributed by atoms with van der Waals surface area (Å²) in [7, 11) is -3.39. The number of aromatic nitrogens is 2. The zero-order chi connectivity index (χ0) is 16.6. The first-order chi connectivity index (χ1) is 10.8. The minimum atomic E-state index is -3.39. The van der Waals surface area contributed by atoms with Crippen molar-refractivity contribution >= 4 is 20.9 Å². The van der Waals surface area contributed by atoms with Crippen LogP contribution in [0.15, 0.2) is 18.3 Å². The molecule has 1 aliphatic heterocycles. The van der Waals surface area contributed by atoms with Crippen LogP contribution in [0.5, 0.6) is 11.5 Å². The van der Waals surface area contributed by atoms with Crippen molar-refractivity contribution in [2.24, 2.45) is 5.73 Å². The minimum absolute atomic E-state index is 0.179. The maximum absolute atomic E-state index is 11.6. The smallest absolute Gasteiger partial charge is 0.209 e. The lowest BCUT2D eigenvalue weighted by Gasteiger charge is -2.33. The summed E-state index contributed by atoms with van der Waals surface area (Å²) in [5, 5.41) is 7.77. The lowest BCUT2D eigenvalue weighted by Crippen LogP contribution is -2.51. The fourth-order valence-corrected chi connectivity index (χ4v) is 3.50. The van der Waals surface area contributed by atoms with Crippen LogP contribution >= 0.6 is 0 Å². The van der Waals surface area contributed by atoms with Gasteiger partial charge in [-0.2, -0.15) is 5.10 Å². The van der Waals surface area contributed by atoms with E-state index in [-0.39, 0.29) is 12.6 Å². The average Bonchev–Trinajstić information content (AvgIpc) is 2.93. The fourth-order valence-electron chi connectivity index (χ4n) is 2.71. The summed E-state index contributed by atoms with van der Waals surface area (Å²) < 4.78 is 37.6. The summed E-state index contributed by atoms with van der Waals surface area (Å²) in [4.78, 5) is 0. The van der Waals surface area contributed by atoms with Crippen molar-refractivity contribution in [1.82, 2.24) is 14.9 Å². The Morgan fingerprint density at radius 3 is 3.00 bits per heavy atom. The van der Waals surface area contributed by atoms with E-state index >= 15 is 0 Å². The number of rotatable bonds is 5. The van der Waals surface area contributed by atoms with Crippen molar-refractivity contribution in [3.05, 3.63) is 18.3 Å². The highest BCUT2D eigenvalue weighted by Crippen LogP contribution is 2.38. The molecule has 0 amide bonds. The van der Waals surface area contributed by atoms with Crippen molar-refractivity contribution in [3.8, 4) is 11.5 Å². The number of hydrogen-bond acceptors (Lipinski definition) is 6. The van der Waals surface area contributed by atoms with Gasteiger partial charge >= 0.3 is 0 Å². The van der Waals surface area contributed by atoms with Gasteiger partial charge in [0, 0.05) is 11.4 Å². The van der Waals surface area contributed by atoms with Crippen LogP contribution in [0.1, 0.15) is 13.3 Å². The predicted molar refractivity (Wildman–Crippen MR) is 86.0 cm³/mol. The Bertz CT molecular complexity index is 802. The van der Waals surface area contributed by atoms with E-state index in [2.05, 4.69) is 14.9 Å². The molecule has 1 aliphatic rings. The first kappa shape index (κ1) is 16.0. The maximum atomic E-state index is 11.6. The first-order valence-corrected chi connectivity index (χ1v) is 9.21. The number of benzene rings is 1. The van der Waals surface area contributed by atoms with Crippen molar-refractivity contribution < 1.29 is 17.9 Å². The van der Waals surface area contributed by atoms with Crippen LogP contribution in [0.4, 0.5) is 0 Å². The zero-order valence-corrected chi connectivity index (χ0v) is 13.8. The molecule has 2 aromatic rings. The molecular weight excluding hydrogens is 320 g/mol. The molecule has 1 aromatic carbocycles. The highest BCUT2D eigenvalue weighted by atomic mass is 32.2. The lowest BCUT2D eigenvalue weighted by atomic mass is 10.0. The molecule has 9 heteroatoms. The quantitative estimate of drug-likeness (QED) is 0.723. The Hall–Kier alpha value is -1.84. The summed E-state index contributed by atoms with van der Waals surface area (Å²) >= 11 is 0. The van der Waals surface area contributed by atoms with E-state index in [9.17, 15) is 8.42 Å². The number of sulfonamides is 1. The minimum Gasteiger partial charge on any atom is -0.486 e. The van der Waals surface area contributed by atoms with Gasteiger partial charge < -0.3 is 15.2 Å². The predicted octanol–water partition coefficient (Wildman–Crippen LogP) is 0.358. The van der Waals surface area contributed by atoms with Crippen molar-refractivity contribution in [2.75, 3.05) is 12.9 Å². The van der Waals surface area contributed by atoms with E-state index in [4.69, 9.17) is 15.2 Å². The van der Waals surface area contributed by atoms with Crippen molar-refractivity contribution in [3.63, 3.8) is 0 Å². The molecule has 0 saturated heterocycles. The van der Waals surface area contributed by atoms with Gasteiger partial charge in [-0.25, -0.2) is 13.1 Å². The van der Waals surface area contributed by atoms with Gasteiger partial charge in [0.15, 0.2) is 11.5 Å². The molecule has 2 heterocycles. The Labute approximate surface area is 134 Å². The number of hydrogen-bond donors (Lipinski definition) is 3. The van der Waals surface area contributed by atoms with E-state index in [1.165, 1.54) is 0 Å². The third-order valence-corrected chi connectivity index (χ3v) is 4.38. The third-order valence-electron chi connectivity index (χ3n) is 3.65. The third kappa shape index (κ3) is 3.57. The number of ether oxygens (including phenoxy) is 2. The van der Waals surface area contributed by atoms with Crippen molar-refractivity contribution in [2.45, 2.75) is 31.5 Å². The maximum Gasteiger partial charge on any atom is 0.209 e. The van der Waals surface area contributed by atoms with E-state index in [1.807, 2.05) is 19.1 Å². The Morgan fingerprint density at radius 2 is 2.30 bits per heavy atom. The molecular formula is C14H20N4O4S. The van der Waals surface area contributed by atoms with Gasteiger partial charge in [0.05, 0.1) is 18.5 Å². The number of nitrogens with two attached hydrogens (primary N) is 1. The molecule has 0 fully saturated rings. The van der Waals surface area contributed by atoms with Gasteiger partial charge in [-0.3, -0.25) is 5.10 Å². The summed E-state index contributed by atoms with van der Waals surface area (Å²) in [6.07, 6.45) is 2.77. The fraction of sp³-hybridized carbons (Fsp3) is 0.500. The molecule has 8 nitrogen and oxygen atoms in total. The van der Waals surface area contributed by atoms with Gasteiger partial charge in [0.1, 0.15) is 18.2 Å². The highest BCUT2D eigenvalue weighted by molar-refractivity contribution is 7.88. The van der Waals surface area contributed by atoms with Crippen LogP contribution in [0.25, 0.3) is 10.9 Å². The molecule has 3 rings (SSSR count). The van der Waals surface area contributed by atoms with Crippen molar-refractivity contribution in [1.29, 1.82) is 0 Å². The molecule has 23 heavy (non-hydrogen) atoms. The molecule has 126 valence electrons. The number of nitrogens with zero attached hydrogens (tertiary/aromatic N) is 1. The topological polar surface area (TPSA) is 119 Å². The standard InChI is InChI=1S/C14H20N4O4S/c1-8(15)5-10(18-23(2,19)20)12-7-21-11-4-3-9-6-16-17-13(9)14(11)22-12/h3-4,6,8,10,12,18H,5,7,15H2,1-2H3,(H,16,17)/t8?,10-,12?/m0/s1. The molecule has 4 N–H and O–H groups in total. The second-order valence-electron chi connectivity index (χ2n) is 5.90.